The average Bonchev–Trinajstić information content (AvgIpc) is 2.37. The number of unbranched alkanes of at least 4 members (excludes halogenated alkanes) is 4. The van der Waals surface area contributed by atoms with Crippen LogP contribution in [0.4, 0.5) is 0 Å². The molecule has 1 nitrogen and oxygen atoms in total. The fraction of sp³-hybridized carbons (Fsp3) is 0.647. The molecule has 18 heavy (non-hydrogen) atoms. The summed E-state index contributed by atoms with van der Waals surface area (Å²) < 4.78 is 0. The number of rotatable bonds is 10. The minimum absolute atomic E-state index is 0.873. The Balaban J connectivity index is 1.84. The molecular formula is C17H29N. The van der Waals surface area contributed by atoms with Crippen molar-refractivity contribution in [1.82, 2.24) is 5.32 Å². The summed E-state index contributed by atoms with van der Waals surface area (Å²) in [6, 6.07) is 10.6. The van der Waals surface area contributed by atoms with Crippen LogP contribution >= 0.6 is 0 Å². The zero-order valence-electron chi connectivity index (χ0n) is 12.1. The van der Waals surface area contributed by atoms with Gasteiger partial charge in [0.25, 0.3) is 0 Å². The molecule has 0 saturated carbocycles. The van der Waals surface area contributed by atoms with Gasteiger partial charge in [0.2, 0.25) is 0 Å². The SMILES string of the molecule is CC(C)CCCCCCCNCc1ccccc1. The van der Waals surface area contributed by atoms with Crippen LogP contribution in [0.25, 0.3) is 0 Å². The average molecular weight is 247 g/mol. The molecule has 0 aromatic heterocycles. The van der Waals surface area contributed by atoms with Crippen molar-refractivity contribution in [1.29, 1.82) is 0 Å². The summed E-state index contributed by atoms with van der Waals surface area (Å²) in [5, 5.41) is 3.51. The van der Waals surface area contributed by atoms with Gasteiger partial charge in [-0.1, -0.05) is 76.3 Å². The fourth-order valence-corrected chi connectivity index (χ4v) is 2.16. The first-order chi connectivity index (χ1) is 8.79. The molecule has 0 aliphatic carbocycles. The second-order valence-corrected chi connectivity index (χ2v) is 5.61. The molecule has 0 aliphatic rings. The largest absolute Gasteiger partial charge is 0.313 e. The molecule has 1 N–H and O–H groups in total. The third-order valence-electron chi connectivity index (χ3n) is 3.31. The lowest BCUT2D eigenvalue weighted by Gasteiger charge is -2.06. The minimum atomic E-state index is 0.873. The van der Waals surface area contributed by atoms with Gasteiger partial charge in [-0.15, -0.1) is 0 Å². The lowest BCUT2D eigenvalue weighted by molar-refractivity contribution is 0.509. The van der Waals surface area contributed by atoms with Crippen molar-refractivity contribution in [2.45, 2.75) is 58.9 Å². The number of hydrogen-bond donors (Lipinski definition) is 1. The van der Waals surface area contributed by atoms with Gasteiger partial charge in [-0.05, 0) is 24.4 Å². The molecule has 0 atom stereocenters. The maximum Gasteiger partial charge on any atom is 0.0205 e. The fourth-order valence-electron chi connectivity index (χ4n) is 2.16. The highest BCUT2D eigenvalue weighted by atomic mass is 14.8. The highest BCUT2D eigenvalue weighted by Gasteiger charge is 1.95. The summed E-state index contributed by atoms with van der Waals surface area (Å²) in [7, 11) is 0. The van der Waals surface area contributed by atoms with Crippen LogP contribution in [0.2, 0.25) is 0 Å². The Labute approximate surface area is 113 Å². The molecule has 0 unspecified atom stereocenters. The van der Waals surface area contributed by atoms with Crippen LogP contribution in [0.15, 0.2) is 30.3 Å². The lowest BCUT2D eigenvalue weighted by atomic mass is 10.0. The maximum absolute atomic E-state index is 3.51. The molecule has 102 valence electrons. The van der Waals surface area contributed by atoms with Gasteiger partial charge in [0.15, 0.2) is 0 Å². The Kier molecular flexibility index (Phi) is 8.58. The number of benzene rings is 1. The summed E-state index contributed by atoms with van der Waals surface area (Å²) in [6.45, 7) is 6.79. The smallest absolute Gasteiger partial charge is 0.0205 e. The van der Waals surface area contributed by atoms with Gasteiger partial charge in [-0.25, -0.2) is 0 Å². The molecule has 0 aliphatic heterocycles. The molecule has 0 heterocycles. The summed E-state index contributed by atoms with van der Waals surface area (Å²) >= 11 is 0. The summed E-state index contributed by atoms with van der Waals surface area (Å²) in [5.74, 6) is 0.873. The molecule has 1 aromatic carbocycles. The summed E-state index contributed by atoms with van der Waals surface area (Å²) in [6.07, 6.45) is 8.31. The molecule has 0 amide bonds. The van der Waals surface area contributed by atoms with Crippen LogP contribution in [0.5, 0.6) is 0 Å². The predicted molar refractivity (Wildman–Crippen MR) is 80.7 cm³/mol. The van der Waals surface area contributed by atoms with Crippen LogP contribution in [0, 0.1) is 5.92 Å². The molecule has 0 fully saturated rings. The van der Waals surface area contributed by atoms with Gasteiger partial charge in [0, 0.05) is 6.54 Å². The van der Waals surface area contributed by atoms with Gasteiger partial charge in [0.1, 0.15) is 0 Å². The molecule has 1 heteroatoms. The van der Waals surface area contributed by atoms with E-state index in [1.165, 1.54) is 44.1 Å². The number of hydrogen-bond acceptors (Lipinski definition) is 1. The summed E-state index contributed by atoms with van der Waals surface area (Å²) in [4.78, 5) is 0. The van der Waals surface area contributed by atoms with E-state index in [2.05, 4.69) is 49.5 Å². The Morgan fingerprint density at radius 3 is 2.28 bits per heavy atom. The van der Waals surface area contributed by atoms with E-state index in [0.29, 0.717) is 0 Å². The van der Waals surface area contributed by atoms with Crippen molar-refractivity contribution in [3.05, 3.63) is 35.9 Å². The topological polar surface area (TPSA) is 12.0 Å². The molecule has 0 radical (unpaired) electrons. The van der Waals surface area contributed by atoms with E-state index in [1.807, 2.05) is 0 Å². The van der Waals surface area contributed by atoms with Crippen LogP contribution in [0.1, 0.15) is 57.9 Å². The van der Waals surface area contributed by atoms with Crippen LogP contribution in [-0.2, 0) is 6.54 Å². The van der Waals surface area contributed by atoms with Gasteiger partial charge in [0.05, 0.1) is 0 Å². The van der Waals surface area contributed by atoms with Gasteiger partial charge in [-0.3, -0.25) is 0 Å². The second kappa shape index (κ2) is 10.1. The Bertz CT molecular complexity index is 279. The Morgan fingerprint density at radius 1 is 0.889 bits per heavy atom. The molecular weight excluding hydrogens is 218 g/mol. The lowest BCUT2D eigenvalue weighted by Crippen LogP contribution is -2.14. The van der Waals surface area contributed by atoms with Crippen molar-refractivity contribution < 1.29 is 0 Å². The van der Waals surface area contributed by atoms with Gasteiger partial charge < -0.3 is 5.32 Å². The monoisotopic (exact) mass is 247 g/mol. The third-order valence-corrected chi connectivity index (χ3v) is 3.31. The molecule has 0 spiro atoms. The van der Waals surface area contributed by atoms with Crippen molar-refractivity contribution in [2.75, 3.05) is 6.54 Å². The molecule has 1 aromatic rings. The van der Waals surface area contributed by atoms with Gasteiger partial charge >= 0.3 is 0 Å². The van der Waals surface area contributed by atoms with Gasteiger partial charge in [-0.2, -0.15) is 0 Å². The number of nitrogens with one attached hydrogen (secondary N) is 1. The van der Waals surface area contributed by atoms with E-state index in [-0.39, 0.29) is 0 Å². The van der Waals surface area contributed by atoms with E-state index >= 15 is 0 Å². The van der Waals surface area contributed by atoms with Crippen molar-refractivity contribution in [2.24, 2.45) is 5.92 Å². The predicted octanol–water partition coefficient (Wildman–Crippen LogP) is 4.77. The zero-order chi connectivity index (χ0) is 13.1. The highest BCUT2D eigenvalue weighted by molar-refractivity contribution is 5.14. The van der Waals surface area contributed by atoms with Crippen LogP contribution in [-0.4, -0.2) is 6.54 Å². The Morgan fingerprint density at radius 2 is 1.56 bits per heavy atom. The zero-order valence-corrected chi connectivity index (χ0v) is 12.1. The van der Waals surface area contributed by atoms with E-state index in [1.54, 1.807) is 0 Å². The maximum atomic E-state index is 3.51. The second-order valence-electron chi connectivity index (χ2n) is 5.61. The quantitative estimate of drug-likeness (QED) is 0.587. The van der Waals surface area contributed by atoms with Crippen molar-refractivity contribution in [3.63, 3.8) is 0 Å². The first-order valence-electron chi connectivity index (χ1n) is 7.53. The molecule has 1 rings (SSSR count). The van der Waals surface area contributed by atoms with E-state index < -0.39 is 0 Å². The Hall–Kier alpha value is -0.820. The van der Waals surface area contributed by atoms with Crippen LogP contribution in [0.3, 0.4) is 0 Å². The standard InChI is InChI=1S/C17H29N/c1-16(2)11-7-4-3-5-10-14-18-15-17-12-8-6-9-13-17/h6,8-9,12-13,16,18H,3-5,7,10-11,14-15H2,1-2H3. The van der Waals surface area contributed by atoms with Crippen molar-refractivity contribution >= 4 is 0 Å². The molecule has 0 bridgehead atoms. The first-order valence-corrected chi connectivity index (χ1v) is 7.53. The summed E-state index contributed by atoms with van der Waals surface area (Å²) in [5.41, 5.74) is 1.38. The van der Waals surface area contributed by atoms with E-state index in [9.17, 15) is 0 Å². The van der Waals surface area contributed by atoms with E-state index in [4.69, 9.17) is 0 Å². The highest BCUT2D eigenvalue weighted by Crippen LogP contribution is 2.10. The van der Waals surface area contributed by atoms with Crippen molar-refractivity contribution in [3.8, 4) is 0 Å². The normalized spacial score (nSPS) is 11.1. The van der Waals surface area contributed by atoms with E-state index in [0.717, 1.165) is 19.0 Å². The first kappa shape index (κ1) is 15.2. The minimum Gasteiger partial charge on any atom is -0.313 e. The van der Waals surface area contributed by atoms with Crippen LogP contribution < -0.4 is 5.32 Å². The molecule has 0 saturated heterocycles. The third kappa shape index (κ3) is 8.30.